The molecule has 0 bridgehead atoms. The SMILES string of the molecule is COC(=O)c1cc(C(=O)O)cc(C(=O)OC)c1.O=C1CCC(=O)N1O. The molecule has 1 aliphatic rings. The minimum Gasteiger partial charge on any atom is -0.478 e. The van der Waals surface area contributed by atoms with Gasteiger partial charge in [-0.1, -0.05) is 0 Å². The van der Waals surface area contributed by atoms with E-state index in [-0.39, 0.29) is 34.6 Å². The molecule has 0 radical (unpaired) electrons. The first-order valence-electron chi connectivity index (χ1n) is 6.81. The lowest BCUT2D eigenvalue weighted by atomic mass is 10.1. The van der Waals surface area contributed by atoms with Crippen molar-refractivity contribution in [2.45, 2.75) is 12.8 Å². The molecule has 0 aliphatic carbocycles. The zero-order chi connectivity index (χ0) is 19.1. The summed E-state index contributed by atoms with van der Waals surface area (Å²) in [5, 5.41) is 17.4. The molecule has 10 nitrogen and oxygen atoms in total. The molecule has 1 saturated heterocycles. The van der Waals surface area contributed by atoms with Gasteiger partial charge in [0.2, 0.25) is 0 Å². The van der Waals surface area contributed by atoms with Gasteiger partial charge < -0.3 is 14.6 Å². The van der Waals surface area contributed by atoms with Gasteiger partial charge in [-0.2, -0.15) is 5.06 Å². The summed E-state index contributed by atoms with van der Waals surface area (Å²) in [4.78, 5) is 53.9. The Morgan fingerprint density at radius 1 is 0.880 bits per heavy atom. The fourth-order valence-electron chi connectivity index (χ4n) is 1.79. The molecule has 0 saturated carbocycles. The summed E-state index contributed by atoms with van der Waals surface area (Å²) >= 11 is 0. The van der Waals surface area contributed by atoms with Crippen molar-refractivity contribution in [2.24, 2.45) is 0 Å². The third kappa shape index (κ3) is 5.11. The van der Waals surface area contributed by atoms with E-state index < -0.39 is 29.7 Å². The van der Waals surface area contributed by atoms with Gasteiger partial charge in [0.15, 0.2) is 0 Å². The van der Waals surface area contributed by atoms with Crippen LogP contribution in [0, 0.1) is 0 Å². The van der Waals surface area contributed by atoms with Gasteiger partial charge in [-0.05, 0) is 18.2 Å². The molecule has 25 heavy (non-hydrogen) atoms. The molecule has 1 fully saturated rings. The van der Waals surface area contributed by atoms with E-state index in [1.54, 1.807) is 0 Å². The number of ether oxygens (including phenoxy) is 2. The Labute approximate surface area is 141 Å². The van der Waals surface area contributed by atoms with Crippen LogP contribution >= 0.6 is 0 Å². The highest BCUT2D eigenvalue weighted by Crippen LogP contribution is 2.13. The quantitative estimate of drug-likeness (QED) is 0.450. The van der Waals surface area contributed by atoms with Gasteiger partial charge in [0.05, 0.1) is 30.9 Å². The molecule has 0 spiro atoms. The molecule has 10 heteroatoms. The summed E-state index contributed by atoms with van der Waals surface area (Å²) in [5.41, 5.74) is -0.228. The maximum atomic E-state index is 11.3. The fraction of sp³-hybridized carbons (Fsp3) is 0.267. The smallest absolute Gasteiger partial charge is 0.337 e. The molecule has 1 aromatic carbocycles. The van der Waals surface area contributed by atoms with Gasteiger partial charge in [-0.3, -0.25) is 14.8 Å². The summed E-state index contributed by atoms with van der Waals surface area (Å²) < 4.78 is 8.91. The first kappa shape index (κ1) is 19.8. The fourth-order valence-corrected chi connectivity index (χ4v) is 1.79. The summed E-state index contributed by atoms with van der Waals surface area (Å²) in [6.45, 7) is 0. The van der Waals surface area contributed by atoms with Gasteiger partial charge in [0.25, 0.3) is 11.8 Å². The average molecular weight is 353 g/mol. The third-order valence-corrected chi connectivity index (χ3v) is 3.05. The first-order chi connectivity index (χ1) is 11.7. The maximum absolute atomic E-state index is 11.3. The number of imide groups is 1. The monoisotopic (exact) mass is 353 g/mol. The number of amides is 2. The minimum absolute atomic E-state index is 0.0206. The lowest BCUT2D eigenvalue weighted by Gasteiger charge is -2.05. The Balaban J connectivity index is 0.000000324. The van der Waals surface area contributed by atoms with Crippen LogP contribution < -0.4 is 0 Å². The van der Waals surface area contributed by atoms with Gasteiger partial charge in [0, 0.05) is 12.8 Å². The number of esters is 2. The summed E-state index contributed by atoms with van der Waals surface area (Å²) in [6, 6.07) is 3.46. The molecule has 134 valence electrons. The number of nitrogens with zero attached hydrogens (tertiary/aromatic N) is 1. The van der Waals surface area contributed by atoms with Crippen molar-refractivity contribution in [3.8, 4) is 0 Å². The van der Waals surface area contributed by atoms with Crippen molar-refractivity contribution in [1.82, 2.24) is 5.06 Å². The lowest BCUT2D eigenvalue weighted by Crippen LogP contribution is -2.24. The molecule has 0 aromatic heterocycles. The van der Waals surface area contributed by atoms with Crippen molar-refractivity contribution >= 4 is 29.7 Å². The molecule has 1 aromatic rings. The van der Waals surface area contributed by atoms with Crippen LogP contribution in [0.15, 0.2) is 18.2 Å². The highest BCUT2D eigenvalue weighted by atomic mass is 16.5. The van der Waals surface area contributed by atoms with Crippen molar-refractivity contribution in [3.05, 3.63) is 34.9 Å². The number of carbonyl (C=O) groups is 5. The van der Waals surface area contributed by atoms with E-state index in [1.165, 1.54) is 6.07 Å². The highest BCUT2D eigenvalue weighted by molar-refractivity contribution is 6.00. The molecular formula is C15H15NO9. The van der Waals surface area contributed by atoms with E-state index in [1.807, 2.05) is 0 Å². The third-order valence-electron chi connectivity index (χ3n) is 3.05. The van der Waals surface area contributed by atoms with Crippen molar-refractivity contribution in [2.75, 3.05) is 14.2 Å². The Hall–Kier alpha value is -3.27. The first-order valence-corrected chi connectivity index (χ1v) is 6.81. The number of aromatic carboxylic acids is 1. The van der Waals surface area contributed by atoms with Crippen LogP contribution in [0.5, 0.6) is 0 Å². The van der Waals surface area contributed by atoms with Crippen LogP contribution in [-0.2, 0) is 19.1 Å². The Bertz CT molecular complexity index is 675. The van der Waals surface area contributed by atoms with E-state index >= 15 is 0 Å². The van der Waals surface area contributed by atoms with Crippen LogP contribution in [0.3, 0.4) is 0 Å². The maximum Gasteiger partial charge on any atom is 0.337 e. The van der Waals surface area contributed by atoms with Crippen molar-refractivity contribution < 1.29 is 43.8 Å². The number of carboxylic acid groups (broad SMARTS) is 1. The number of hydrogen-bond donors (Lipinski definition) is 2. The van der Waals surface area contributed by atoms with Gasteiger partial charge >= 0.3 is 17.9 Å². The lowest BCUT2D eigenvalue weighted by molar-refractivity contribution is -0.171. The largest absolute Gasteiger partial charge is 0.478 e. The van der Waals surface area contributed by atoms with Crippen LogP contribution in [0.2, 0.25) is 0 Å². The standard InChI is InChI=1S/C11H10O6.C4H5NO3/c1-16-10(14)7-3-6(9(12)13)4-8(5-7)11(15)17-2;6-3-1-2-4(7)5(3)8/h3-5H,1-2H3,(H,12,13);8H,1-2H2. The number of carboxylic acids is 1. The number of benzene rings is 1. The highest BCUT2D eigenvalue weighted by Gasteiger charge is 2.26. The number of hydroxylamine groups is 2. The molecule has 0 unspecified atom stereocenters. The number of carbonyl (C=O) groups excluding carboxylic acids is 4. The van der Waals surface area contributed by atoms with Gasteiger partial charge in [-0.25, -0.2) is 14.4 Å². The second-order valence-corrected chi connectivity index (χ2v) is 4.69. The van der Waals surface area contributed by atoms with Gasteiger partial charge in [-0.15, -0.1) is 0 Å². The van der Waals surface area contributed by atoms with Crippen LogP contribution in [0.1, 0.15) is 43.9 Å². The van der Waals surface area contributed by atoms with Crippen LogP contribution in [-0.4, -0.2) is 59.3 Å². The predicted molar refractivity (Wildman–Crippen MR) is 79.0 cm³/mol. The minimum atomic E-state index is -1.25. The Morgan fingerprint density at radius 2 is 1.24 bits per heavy atom. The van der Waals surface area contributed by atoms with Crippen molar-refractivity contribution in [3.63, 3.8) is 0 Å². The summed E-state index contributed by atoms with van der Waals surface area (Å²) in [5.74, 6) is -3.71. The predicted octanol–water partition coefficient (Wildman–Crippen LogP) is 0.483. The Kier molecular flexibility index (Phi) is 6.76. The van der Waals surface area contributed by atoms with E-state index in [4.69, 9.17) is 10.3 Å². The number of methoxy groups -OCH3 is 2. The van der Waals surface area contributed by atoms with E-state index in [9.17, 15) is 24.0 Å². The zero-order valence-corrected chi connectivity index (χ0v) is 13.3. The molecule has 2 N–H and O–H groups in total. The van der Waals surface area contributed by atoms with Crippen molar-refractivity contribution in [1.29, 1.82) is 0 Å². The van der Waals surface area contributed by atoms with E-state index in [0.29, 0.717) is 0 Å². The molecule has 0 atom stereocenters. The molecule has 2 amide bonds. The van der Waals surface area contributed by atoms with E-state index in [2.05, 4.69) is 9.47 Å². The molecule has 1 heterocycles. The second-order valence-electron chi connectivity index (χ2n) is 4.69. The topological polar surface area (TPSA) is 148 Å². The summed E-state index contributed by atoms with van der Waals surface area (Å²) in [6.07, 6.45) is 0.296. The molecule has 2 rings (SSSR count). The number of rotatable bonds is 3. The number of hydrogen-bond acceptors (Lipinski definition) is 8. The average Bonchev–Trinajstić information content (AvgIpc) is 2.91. The zero-order valence-electron chi connectivity index (χ0n) is 13.3. The molecular weight excluding hydrogens is 338 g/mol. The molecule has 1 aliphatic heterocycles. The van der Waals surface area contributed by atoms with Gasteiger partial charge in [0.1, 0.15) is 0 Å². The van der Waals surface area contributed by atoms with Crippen LogP contribution in [0.4, 0.5) is 0 Å². The summed E-state index contributed by atoms with van der Waals surface area (Å²) in [7, 11) is 2.32. The second kappa shape index (κ2) is 8.55. The van der Waals surface area contributed by atoms with E-state index in [0.717, 1.165) is 26.4 Å². The van der Waals surface area contributed by atoms with Crippen LogP contribution in [0.25, 0.3) is 0 Å². The normalized spacial score (nSPS) is 13.0. The Morgan fingerprint density at radius 3 is 1.48 bits per heavy atom.